The maximum atomic E-state index is 14.3. The quantitative estimate of drug-likeness (QED) is 0.357. The van der Waals surface area contributed by atoms with Crippen molar-refractivity contribution in [2.24, 2.45) is 17.3 Å². The molecule has 0 aromatic carbocycles. The van der Waals surface area contributed by atoms with Crippen LogP contribution in [0.1, 0.15) is 75.0 Å². The van der Waals surface area contributed by atoms with Gasteiger partial charge in [0.2, 0.25) is 11.8 Å². The number of hydrogen-bond donors (Lipinski definition) is 0. The van der Waals surface area contributed by atoms with Crippen LogP contribution in [0.5, 0.6) is 0 Å². The van der Waals surface area contributed by atoms with Crippen molar-refractivity contribution in [2.75, 3.05) is 19.6 Å². The normalized spacial score (nSPS) is 21.8. The number of nitrogens with zero attached hydrogens (tertiary/aromatic N) is 6. The highest BCUT2D eigenvalue weighted by atomic mass is 32.1. The summed E-state index contributed by atoms with van der Waals surface area (Å²) >= 11 is 1.39. The van der Waals surface area contributed by atoms with E-state index in [-0.39, 0.29) is 53.8 Å². The molecule has 240 valence electrons. The number of fused-ring (bicyclic) bond motifs is 2. The predicted octanol–water partition coefficient (Wildman–Crippen LogP) is 5.15. The molecular formula is C34H38N6O5S. The fourth-order valence-electron chi connectivity index (χ4n) is 6.90. The minimum Gasteiger partial charge on any atom is -0.444 e. The van der Waals surface area contributed by atoms with Gasteiger partial charge in [-0.3, -0.25) is 29.2 Å². The van der Waals surface area contributed by atoms with Gasteiger partial charge in [-0.15, -0.1) is 11.3 Å². The van der Waals surface area contributed by atoms with Crippen LogP contribution in [0.3, 0.4) is 0 Å². The Morgan fingerprint density at radius 1 is 1.11 bits per heavy atom. The molecule has 3 aromatic rings. The average molecular weight is 643 g/mol. The van der Waals surface area contributed by atoms with Crippen molar-refractivity contribution >= 4 is 45.4 Å². The van der Waals surface area contributed by atoms with Crippen molar-refractivity contribution in [1.29, 1.82) is 5.26 Å². The first-order chi connectivity index (χ1) is 21.4. The molecule has 0 bridgehead atoms. The number of imide groups is 1. The maximum absolute atomic E-state index is 14.3. The molecule has 1 saturated carbocycles. The summed E-state index contributed by atoms with van der Waals surface area (Å²) in [7, 11) is 0. The summed E-state index contributed by atoms with van der Waals surface area (Å²) in [6.45, 7) is 16.0. The second kappa shape index (κ2) is 10.6. The molecule has 11 nitrogen and oxygen atoms in total. The number of piperazine rings is 1. The van der Waals surface area contributed by atoms with E-state index in [0.717, 1.165) is 9.58 Å². The number of aryl methyl sites for hydroxylation is 1. The lowest BCUT2D eigenvalue weighted by Crippen LogP contribution is -2.62. The summed E-state index contributed by atoms with van der Waals surface area (Å²) in [4.78, 5) is 68.0. The second-order valence-corrected chi connectivity index (χ2v) is 15.8. The average Bonchev–Trinajstić information content (AvgIpc) is 3.19. The van der Waals surface area contributed by atoms with E-state index in [1.54, 1.807) is 35.1 Å². The van der Waals surface area contributed by atoms with E-state index in [1.807, 2.05) is 54.5 Å². The first-order valence-corrected chi connectivity index (χ1v) is 16.2. The van der Waals surface area contributed by atoms with E-state index in [2.05, 4.69) is 16.0 Å². The largest absolute Gasteiger partial charge is 0.444 e. The molecule has 3 aromatic heterocycles. The number of ether oxygens (including phenoxy) is 1. The standard InChI is InChI=1S/C34H38N6O5S/c1-18-13-19(15-35)37-26(23(18)28(41)38-11-12-40(33(5,6)17-38)31(44)45-32(2,3)4)21-9-10-36-22-14-20(46-27(21)22)16-39-29(42)24-25(30(39)43)34(24,7)8/h9-10,13-14,24-25H,11-12,16-17H2,1-8H3. The lowest BCUT2D eigenvalue weighted by Gasteiger charge is -2.47. The van der Waals surface area contributed by atoms with Gasteiger partial charge in [0.1, 0.15) is 17.4 Å². The number of carbonyl (C=O) groups is 4. The summed E-state index contributed by atoms with van der Waals surface area (Å²) in [6, 6.07) is 7.35. The van der Waals surface area contributed by atoms with Crippen LogP contribution in [0.2, 0.25) is 0 Å². The molecule has 46 heavy (non-hydrogen) atoms. The molecule has 3 fully saturated rings. The molecule has 0 spiro atoms. The number of amides is 4. The molecule has 0 N–H and O–H groups in total. The zero-order valence-electron chi connectivity index (χ0n) is 27.4. The molecule has 5 heterocycles. The van der Waals surface area contributed by atoms with Crippen LogP contribution in [0.15, 0.2) is 24.4 Å². The van der Waals surface area contributed by atoms with Crippen molar-refractivity contribution < 1.29 is 23.9 Å². The third kappa shape index (κ3) is 5.20. The van der Waals surface area contributed by atoms with Gasteiger partial charge >= 0.3 is 6.09 Å². The molecule has 2 aliphatic heterocycles. The summed E-state index contributed by atoms with van der Waals surface area (Å²) in [5.74, 6) is -1.03. The highest BCUT2D eigenvalue weighted by Gasteiger charge is 2.72. The number of rotatable bonds is 4. The van der Waals surface area contributed by atoms with E-state index in [4.69, 9.17) is 4.74 Å². The van der Waals surface area contributed by atoms with Crippen molar-refractivity contribution in [3.8, 4) is 17.3 Å². The van der Waals surface area contributed by atoms with Crippen LogP contribution in [-0.2, 0) is 20.9 Å². The molecule has 0 radical (unpaired) electrons. The Morgan fingerprint density at radius 3 is 2.39 bits per heavy atom. The minimum atomic E-state index is -0.697. The van der Waals surface area contributed by atoms with E-state index in [9.17, 15) is 24.4 Å². The number of carbonyl (C=O) groups excluding carboxylic acids is 4. The monoisotopic (exact) mass is 642 g/mol. The van der Waals surface area contributed by atoms with E-state index >= 15 is 0 Å². The molecule has 6 rings (SSSR count). The highest BCUT2D eigenvalue weighted by Crippen LogP contribution is 2.63. The minimum absolute atomic E-state index is 0.132. The molecule has 4 amide bonds. The molecule has 2 unspecified atom stereocenters. The molecule has 2 saturated heterocycles. The molecule has 12 heteroatoms. The third-order valence-electron chi connectivity index (χ3n) is 9.27. The number of hydrogen-bond acceptors (Lipinski definition) is 9. The van der Waals surface area contributed by atoms with Gasteiger partial charge in [-0.25, -0.2) is 9.78 Å². The highest BCUT2D eigenvalue weighted by molar-refractivity contribution is 7.19. The van der Waals surface area contributed by atoms with E-state index < -0.39 is 17.2 Å². The smallest absolute Gasteiger partial charge is 0.410 e. The van der Waals surface area contributed by atoms with Crippen molar-refractivity contribution in [3.05, 3.63) is 46.1 Å². The Balaban J connectivity index is 1.33. The maximum Gasteiger partial charge on any atom is 0.410 e. The van der Waals surface area contributed by atoms with Gasteiger partial charge in [-0.1, -0.05) is 13.8 Å². The predicted molar refractivity (Wildman–Crippen MR) is 172 cm³/mol. The van der Waals surface area contributed by atoms with Crippen molar-refractivity contribution in [2.45, 2.75) is 73.1 Å². The summed E-state index contributed by atoms with van der Waals surface area (Å²) in [6.07, 6.45) is 1.21. The Kier molecular flexibility index (Phi) is 7.28. The number of likely N-dealkylation sites (tertiary alicyclic amines) is 1. The van der Waals surface area contributed by atoms with Crippen LogP contribution in [0, 0.1) is 35.5 Å². The number of aromatic nitrogens is 2. The van der Waals surface area contributed by atoms with Crippen LogP contribution in [0.4, 0.5) is 4.79 Å². The van der Waals surface area contributed by atoms with Gasteiger partial charge in [-0.2, -0.15) is 5.26 Å². The van der Waals surface area contributed by atoms with Gasteiger partial charge in [-0.05, 0) is 70.7 Å². The van der Waals surface area contributed by atoms with Gasteiger partial charge < -0.3 is 9.64 Å². The molecule has 1 aliphatic carbocycles. The van der Waals surface area contributed by atoms with Gasteiger partial charge in [0, 0.05) is 36.3 Å². The van der Waals surface area contributed by atoms with Gasteiger partial charge in [0.05, 0.1) is 45.4 Å². The summed E-state index contributed by atoms with van der Waals surface area (Å²) in [5.41, 5.74) is 1.18. The molecule has 3 aliphatic rings. The van der Waals surface area contributed by atoms with Crippen molar-refractivity contribution in [1.82, 2.24) is 24.7 Å². The van der Waals surface area contributed by atoms with Crippen LogP contribution in [-0.4, -0.2) is 79.3 Å². The van der Waals surface area contributed by atoms with Crippen LogP contribution in [0.25, 0.3) is 21.5 Å². The molecule has 2 atom stereocenters. The van der Waals surface area contributed by atoms with Crippen LogP contribution < -0.4 is 0 Å². The Labute approximate surface area is 272 Å². The third-order valence-corrected chi connectivity index (χ3v) is 10.4. The summed E-state index contributed by atoms with van der Waals surface area (Å²) < 4.78 is 6.37. The van der Waals surface area contributed by atoms with Gasteiger partial charge in [0.25, 0.3) is 5.91 Å². The number of piperidine rings is 1. The zero-order valence-corrected chi connectivity index (χ0v) is 28.2. The Hall–Kier alpha value is -4.37. The van der Waals surface area contributed by atoms with E-state index in [1.165, 1.54) is 16.2 Å². The Morgan fingerprint density at radius 2 is 1.78 bits per heavy atom. The SMILES string of the molecule is Cc1cc(C#N)nc(-c2ccnc3cc(CN4C(=O)C5C(C4=O)C5(C)C)sc23)c1C(=O)N1CCN(C(=O)OC(C)(C)C)C(C)(C)C1. The summed E-state index contributed by atoms with van der Waals surface area (Å²) in [5, 5.41) is 9.79. The molecular weight excluding hydrogens is 604 g/mol. The second-order valence-electron chi connectivity index (χ2n) is 14.7. The van der Waals surface area contributed by atoms with Crippen molar-refractivity contribution in [3.63, 3.8) is 0 Å². The lowest BCUT2D eigenvalue weighted by atomic mass is 9.96. The number of nitriles is 1. The fraction of sp³-hybridized carbons (Fsp3) is 0.500. The Bertz CT molecular complexity index is 1840. The number of pyridine rings is 2. The first kappa shape index (κ1) is 31.6. The van der Waals surface area contributed by atoms with Gasteiger partial charge in [0.15, 0.2) is 0 Å². The topological polar surface area (TPSA) is 137 Å². The first-order valence-electron chi connectivity index (χ1n) is 15.4. The lowest BCUT2D eigenvalue weighted by molar-refractivity contribution is -0.143. The van der Waals surface area contributed by atoms with Crippen LogP contribution >= 0.6 is 11.3 Å². The fourth-order valence-corrected chi connectivity index (χ4v) is 8.02. The number of thiophene rings is 1. The van der Waals surface area contributed by atoms with E-state index in [0.29, 0.717) is 41.0 Å². The zero-order chi connectivity index (χ0) is 33.5.